The summed E-state index contributed by atoms with van der Waals surface area (Å²) >= 11 is 1.29. The molecule has 2 aromatic carbocycles. The van der Waals surface area contributed by atoms with Crippen molar-refractivity contribution in [3.8, 4) is 16.3 Å². The Morgan fingerprint density at radius 1 is 1.17 bits per heavy atom. The van der Waals surface area contributed by atoms with E-state index in [0.29, 0.717) is 16.3 Å². The number of carbonyl (C=O) groups is 1. The molecule has 1 amide bonds. The zero-order valence-electron chi connectivity index (χ0n) is 12.0. The van der Waals surface area contributed by atoms with Gasteiger partial charge in [-0.15, -0.1) is 11.3 Å². The number of benzene rings is 2. The van der Waals surface area contributed by atoms with Gasteiger partial charge >= 0.3 is 0 Å². The van der Waals surface area contributed by atoms with E-state index in [1.165, 1.54) is 29.5 Å². The molecule has 4 nitrogen and oxygen atoms in total. The second kappa shape index (κ2) is 6.58. The van der Waals surface area contributed by atoms with Gasteiger partial charge in [0.2, 0.25) is 5.91 Å². The molecule has 3 aromatic rings. The predicted octanol–water partition coefficient (Wildman–Crippen LogP) is 3.84. The molecule has 0 atom stereocenters. The van der Waals surface area contributed by atoms with Crippen molar-refractivity contribution in [2.45, 2.75) is 6.42 Å². The van der Waals surface area contributed by atoms with Crippen molar-refractivity contribution in [2.24, 2.45) is 0 Å². The summed E-state index contributed by atoms with van der Waals surface area (Å²) in [7, 11) is 0. The number of phenols is 1. The first-order chi connectivity index (χ1) is 11.1. The molecule has 1 heterocycles. The van der Waals surface area contributed by atoms with Gasteiger partial charge < -0.3 is 10.4 Å². The van der Waals surface area contributed by atoms with Crippen LogP contribution in [0.1, 0.15) is 4.88 Å². The average molecular weight is 328 g/mol. The maximum Gasteiger partial charge on any atom is 0.229 e. The van der Waals surface area contributed by atoms with Gasteiger partial charge in [0.05, 0.1) is 6.42 Å². The van der Waals surface area contributed by atoms with Crippen LogP contribution in [0.3, 0.4) is 0 Å². The number of anilines is 1. The number of hydrogen-bond donors (Lipinski definition) is 2. The van der Waals surface area contributed by atoms with Gasteiger partial charge in [0.25, 0.3) is 0 Å². The van der Waals surface area contributed by atoms with Crippen LogP contribution in [-0.4, -0.2) is 16.0 Å². The number of hydrogen-bond acceptors (Lipinski definition) is 4. The number of rotatable bonds is 4. The highest BCUT2D eigenvalue weighted by atomic mass is 32.1. The highest BCUT2D eigenvalue weighted by Crippen LogP contribution is 2.27. The molecule has 116 valence electrons. The molecule has 0 saturated heterocycles. The summed E-state index contributed by atoms with van der Waals surface area (Å²) in [5, 5.41) is 12.5. The number of nitrogens with one attached hydrogen (secondary N) is 1. The largest absolute Gasteiger partial charge is 0.508 e. The van der Waals surface area contributed by atoms with Crippen LogP contribution >= 0.6 is 11.3 Å². The summed E-state index contributed by atoms with van der Waals surface area (Å²) in [6.45, 7) is 0. The zero-order valence-corrected chi connectivity index (χ0v) is 12.8. The first-order valence-electron chi connectivity index (χ1n) is 6.90. The van der Waals surface area contributed by atoms with E-state index in [4.69, 9.17) is 0 Å². The Morgan fingerprint density at radius 3 is 2.65 bits per heavy atom. The van der Waals surface area contributed by atoms with Gasteiger partial charge in [0, 0.05) is 22.3 Å². The normalized spacial score (nSPS) is 10.5. The third kappa shape index (κ3) is 3.73. The summed E-state index contributed by atoms with van der Waals surface area (Å²) < 4.78 is 13.7. The van der Waals surface area contributed by atoms with E-state index in [0.717, 1.165) is 4.88 Å². The summed E-state index contributed by atoms with van der Waals surface area (Å²) in [5.74, 6) is -0.388. The monoisotopic (exact) mass is 328 g/mol. The molecule has 0 unspecified atom stereocenters. The fraction of sp³-hybridized carbons (Fsp3) is 0.0588. The Hall–Kier alpha value is -2.73. The lowest BCUT2D eigenvalue weighted by atomic mass is 10.2. The lowest BCUT2D eigenvalue weighted by Crippen LogP contribution is -2.13. The van der Waals surface area contributed by atoms with Crippen LogP contribution in [-0.2, 0) is 11.2 Å². The van der Waals surface area contributed by atoms with Crippen LogP contribution in [0, 0.1) is 5.82 Å². The molecule has 0 saturated carbocycles. The maximum atomic E-state index is 13.7. The Bertz CT molecular complexity index is 831. The fourth-order valence-corrected chi connectivity index (χ4v) is 2.99. The number of aromatic nitrogens is 1. The summed E-state index contributed by atoms with van der Waals surface area (Å²) in [6.07, 6.45) is 1.75. The molecule has 2 N–H and O–H groups in total. The van der Waals surface area contributed by atoms with Gasteiger partial charge in [-0.25, -0.2) is 9.37 Å². The minimum Gasteiger partial charge on any atom is -0.508 e. The molecule has 6 heteroatoms. The predicted molar refractivity (Wildman–Crippen MR) is 87.9 cm³/mol. The average Bonchev–Trinajstić information content (AvgIpc) is 2.98. The fourth-order valence-electron chi connectivity index (χ4n) is 2.06. The van der Waals surface area contributed by atoms with E-state index in [1.54, 1.807) is 36.5 Å². The molecule has 0 aliphatic carbocycles. The van der Waals surface area contributed by atoms with Gasteiger partial charge in [-0.2, -0.15) is 0 Å². The van der Waals surface area contributed by atoms with E-state index in [2.05, 4.69) is 10.3 Å². The van der Waals surface area contributed by atoms with Crippen LogP contribution in [0.5, 0.6) is 5.75 Å². The summed E-state index contributed by atoms with van der Waals surface area (Å²) in [5.41, 5.74) is 1.04. The molecule has 0 aliphatic rings. The molecule has 0 aliphatic heterocycles. The van der Waals surface area contributed by atoms with E-state index in [1.807, 2.05) is 0 Å². The number of thiazole rings is 1. The van der Waals surface area contributed by atoms with Crippen molar-refractivity contribution in [1.82, 2.24) is 4.98 Å². The minimum atomic E-state index is -0.332. The topological polar surface area (TPSA) is 62.2 Å². The highest BCUT2D eigenvalue weighted by molar-refractivity contribution is 7.15. The van der Waals surface area contributed by atoms with Gasteiger partial charge in [-0.05, 0) is 36.4 Å². The molecule has 1 aromatic heterocycles. The Balaban J connectivity index is 1.68. The van der Waals surface area contributed by atoms with Crippen molar-refractivity contribution in [3.05, 3.63) is 65.4 Å². The third-order valence-corrected chi connectivity index (χ3v) is 4.17. The van der Waals surface area contributed by atoms with Crippen molar-refractivity contribution < 1.29 is 14.3 Å². The van der Waals surface area contributed by atoms with Gasteiger partial charge in [-0.1, -0.05) is 12.1 Å². The number of amides is 1. The van der Waals surface area contributed by atoms with E-state index < -0.39 is 0 Å². The van der Waals surface area contributed by atoms with Crippen LogP contribution in [0.4, 0.5) is 10.1 Å². The number of phenolic OH excluding ortho intramolecular Hbond substituents is 1. The van der Waals surface area contributed by atoms with Gasteiger partial charge in [-0.3, -0.25) is 4.79 Å². The van der Waals surface area contributed by atoms with Crippen LogP contribution in [0.2, 0.25) is 0 Å². The molecular weight excluding hydrogens is 315 g/mol. The summed E-state index contributed by atoms with van der Waals surface area (Å²) in [6, 6.07) is 12.6. The Morgan fingerprint density at radius 2 is 1.91 bits per heavy atom. The van der Waals surface area contributed by atoms with Crippen molar-refractivity contribution in [1.29, 1.82) is 0 Å². The quantitative estimate of drug-likeness (QED) is 0.715. The van der Waals surface area contributed by atoms with Crippen molar-refractivity contribution in [3.63, 3.8) is 0 Å². The van der Waals surface area contributed by atoms with Gasteiger partial charge in [0.1, 0.15) is 16.6 Å². The molecule has 3 rings (SSSR count). The maximum absolute atomic E-state index is 13.7. The van der Waals surface area contributed by atoms with E-state index in [-0.39, 0.29) is 23.9 Å². The first-order valence-corrected chi connectivity index (χ1v) is 7.72. The number of aromatic hydroxyl groups is 1. The minimum absolute atomic E-state index is 0.139. The Kier molecular flexibility index (Phi) is 4.34. The summed E-state index contributed by atoms with van der Waals surface area (Å²) in [4.78, 5) is 16.9. The van der Waals surface area contributed by atoms with E-state index >= 15 is 0 Å². The lowest BCUT2D eigenvalue weighted by Gasteiger charge is -2.03. The Labute approximate surface area is 136 Å². The molecule has 0 radical (unpaired) electrons. The molecule has 0 bridgehead atoms. The van der Waals surface area contributed by atoms with Gasteiger partial charge in [0.15, 0.2) is 0 Å². The first kappa shape index (κ1) is 15.2. The molecule has 23 heavy (non-hydrogen) atoms. The third-order valence-electron chi connectivity index (χ3n) is 3.14. The van der Waals surface area contributed by atoms with Crippen molar-refractivity contribution >= 4 is 22.9 Å². The lowest BCUT2D eigenvalue weighted by molar-refractivity contribution is -0.115. The second-order valence-electron chi connectivity index (χ2n) is 4.88. The van der Waals surface area contributed by atoms with E-state index in [9.17, 15) is 14.3 Å². The zero-order chi connectivity index (χ0) is 16.2. The van der Waals surface area contributed by atoms with Crippen molar-refractivity contribution in [2.75, 3.05) is 5.32 Å². The highest BCUT2D eigenvalue weighted by Gasteiger charge is 2.11. The molecule has 0 fully saturated rings. The SMILES string of the molecule is O=C(Cc1cnc(-c2ccccc2F)s1)Nc1ccc(O)cc1. The standard InChI is InChI=1S/C17H13FN2O2S/c18-15-4-2-1-3-14(15)17-19-10-13(23-17)9-16(22)20-11-5-7-12(21)8-6-11/h1-8,10,21H,9H2,(H,20,22). The smallest absolute Gasteiger partial charge is 0.229 e. The number of halogens is 1. The molecule has 0 spiro atoms. The second-order valence-corrected chi connectivity index (χ2v) is 6.00. The molecular formula is C17H13FN2O2S. The number of carbonyl (C=O) groups excluding carboxylic acids is 1. The van der Waals surface area contributed by atoms with Crippen LogP contribution in [0.15, 0.2) is 54.7 Å². The number of nitrogens with zero attached hydrogens (tertiary/aromatic N) is 1. The van der Waals surface area contributed by atoms with Crippen LogP contribution in [0.25, 0.3) is 10.6 Å². The van der Waals surface area contributed by atoms with Crippen LogP contribution < -0.4 is 5.32 Å².